The molecule has 0 aromatic carbocycles. The van der Waals surface area contributed by atoms with Crippen molar-refractivity contribution in [3.05, 3.63) is 0 Å². The highest BCUT2D eigenvalue weighted by atomic mass is 19.4. The van der Waals surface area contributed by atoms with Gasteiger partial charge in [-0.1, -0.05) is 27.7 Å². The minimum absolute atomic E-state index is 0.0948. The average molecular weight is 443 g/mol. The zero-order valence-electron chi connectivity index (χ0n) is 19.1. The molecule has 0 spiro atoms. The van der Waals surface area contributed by atoms with Gasteiger partial charge in [0.1, 0.15) is 6.04 Å². The van der Waals surface area contributed by atoms with Crippen molar-refractivity contribution in [2.45, 2.75) is 97.3 Å². The second-order valence-corrected chi connectivity index (χ2v) is 11.5. The van der Waals surface area contributed by atoms with Gasteiger partial charge in [0, 0.05) is 18.4 Å². The Morgan fingerprint density at radius 3 is 2.35 bits per heavy atom. The predicted octanol–water partition coefficient (Wildman–Crippen LogP) is 4.83. The normalized spacial score (nSPS) is 43.5. The summed E-state index contributed by atoms with van der Waals surface area (Å²) < 4.78 is 40.4. The van der Waals surface area contributed by atoms with Gasteiger partial charge in [0.2, 0.25) is 11.8 Å². The van der Waals surface area contributed by atoms with Crippen LogP contribution in [-0.4, -0.2) is 30.1 Å². The highest BCUT2D eigenvalue weighted by Crippen LogP contribution is 2.65. The molecule has 0 radical (unpaired) electrons. The first-order chi connectivity index (χ1) is 14.4. The molecule has 2 N–H and O–H groups in total. The lowest BCUT2D eigenvalue weighted by atomic mass is 9.47. The lowest BCUT2D eigenvalue weighted by molar-refractivity contribution is -0.172. The van der Waals surface area contributed by atoms with Crippen molar-refractivity contribution < 1.29 is 22.8 Å². The molecule has 7 heteroatoms. The van der Waals surface area contributed by atoms with Crippen molar-refractivity contribution in [1.82, 2.24) is 10.6 Å². The maximum absolute atomic E-state index is 13.5. The number of carbonyl (C=O) groups is 2. The number of hydrogen-bond acceptors (Lipinski definition) is 2. The van der Waals surface area contributed by atoms with E-state index in [-0.39, 0.29) is 28.7 Å². The van der Waals surface area contributed by atoms with Gasteiger partial charge in [-0.05, 0) is 79.4 Å². The van der Waals surface area contributed by atoms with Gasteiger partial charge < -0.3 is 10.6 Å². The largest absolute Gasteiger partial charge is 0.408 e. The van der Waals surface area contributed by atoms with Crippen LogP contribution < -0.4 is 10.6 Å². The molecule has 0 aromatic heterocycles. The first-order valence-electron chi connectivity index (χ1n) is 12.0. The Kier molecular flexibility index (Phi) is 5.65. The molecule has 3 saturated carbocycles. The topological polar surface area (TPSA) is 58.2 Å². The fourth-order valence-electron chi connectivity index (χ4n) is 8.01. The molecule has 0 aromatic rings. The van der Waals surface area contributed by atoms with Gasteiger partial charge in [-0.25, -0.2) is 0 Å². The molecule has 1 heterocycles. The predicted molar refractivity (Wildman–Crippen MR) is 112 cm³/mol. The van der Waals surface area contributed by atoms with Gasteiger partial charge in [0.25, 0.3) is 0 Å². The van der Waals surface area contributed by atoms with Crippen molar-refractivity contribution in [2.75, 3.05) is 0 Å². The summed E-state index contributed by atoms with van der Waals surface area (Å²) in [5.74, 6) is 0.0929. The van der Waals surface area contributed by atoms with Crippen molar-refractivity contribution in [1.29, 1.82) is 0 Å². The number of alkyl halides is 3. The molecule has 4 rings (SSSR count). The fraction of sp³-hybridized carbons (Fsp3) is 0.917. The Morgan fingerprint density at radius 1 is 1.03 bits per heavy atom. The summed E-state index contributed by atoms with van der Waals surface area (Å²) >= 11 is 0. The van der Waals surface area contributed by atoms with E-state index in [9.17, 15) is 22.8 Å². The van der Waals surface area contributed by atoms with E-state index in [1.165, 1.54) is 13.8 Å². The molecular weight excluding hydrogens is 405 g/mol. The summed E-state index contributed by atoms with van der Waals surface area (Å²) in [6.07, 6.45) is 2.54. The van der Waals surface area contributed by atoms with Crippen molar-refractivity contribution in [3.8, 4) is 0 Å². The maximum Gasteiger partial charge on any atom is 0.408 e. The van der Waals surface area contributed by atoms with Gasteiger partial charge in [0.05, 0.1) is 0 Å². The lowest BCUT2D eigenvalue weighted by Crippen LogP contribution is -2.61. The van der Waals surface area contributed by atoms with Gasteiger partial charge in [-0.3, -0.25) is 9.59 Å². The van der Waals surface area contributed by atoms with Crippen molar-refractivity contribution >= 4 is 11.8 Å². The van der Waals surface area contributed by atoms with E-state index in [0.29, 0.717) is 30.6 Å². The van der Waals surface area contributed by atoms with Crippen LogP contribution in [0.1, 0.15) is 79.1 Å². The lowest BCUT2D eigenvalue weighted by Gasteiger charge is -2.60. The molecule has 31 heavy (non-hydrogen) atoms. The number of hydrogen-bond donors (Lipinski definition) is 2. The number of amides is 2. The molecule has 1 aliphatic heterocycles. The molecule has 3 aliphatic carbocycles. The standard InChI is InChI=1S/C24H37F3N2O2/c1-13(2)20(24(25,26)27)29-21(31)17-7-6-15-14-5-8-18-23(4,12-10-19(30)28-18)16(14)9-11-22(15,17)3/h13-18,20H,5-12H2,1-4H3,(H,28,30)(H,29,31)/t14-,15-,16-,17+,18+,20?,22-,23+/m0/s1. The molecular formula is C24H37F3N2O2. The van der Waals surface area contributed by atoms with Crippen molar-refractivity contribution in [2.24, 2.45) is 40.4 Å². The van der Waals surface area contributed by atoms with Gasteiger partial charge in [-0.15, -0.1) is 0 Å². The minimum atomic E-state index is -4.43. The maximum atomic E-state index is 13.5. The summed E-state index contributed by atoms with van der Waals surface area (Å²) in [6.45, 7) is 7.49. The Morgan fingerprint density at radius 2 is 1.71 bits per heavy atom. The number of nitrogens with one attached hydrogen (secondary N) is 2. The summed E-state index contributed by atoms with van der Waals surface area (Å²) in [4.78, 5) is 25.0. The van der Waals surface area contributed by atoms with Crippen LogP contribution in [0.4, 0.5) is 13.2 Å². The average Bonchev–Trinajstić information content (AvgIpc) is 3.02. The molecule has 4 fully saturated rings. The van der Waals surface area contributed by atoms with Gasteiger partial charge >= 0.3 is 6.18 Å². The monoisotopic (exact) mass is 442 g/mol. The van der Waals surface area contributed by atoms with Crippen LogP contribution >= 0.6 is 0 Å². The zero-order valence-corrected chi connectivity index (χ0v) is 19.1. The molecule has 4 aliphatic rings. The van der Waals surface area contributed by atoms with E-state index in [2.05, 4.69) is 24.5 Å². The number of piperidine rings is 1. The second kappa shape index (κ2) is 7.65. The summed E-state index contributed by atoms with van der Waals surface area (Å²) in [5.41, 5.74) is -0.142. The minimum Gasteiger partial charge on any atom is -0.353 e. The SMILES string of the molecule is CC(C)C(NC(=O)[C@H]1CC[C@H]2[C@@H]3CC[C@H]4NC(=O)CC[C@]4(C)[C@H]3CC[C@]12C)C(F)(F)F. The van der Waals surface area contributed by atoms with Crippen LogP contribution in [-0.2, 0) is 9.59 Å². The van der Waals surface area contributed by atoms with E-state index >= 15 is 0 Å². The third-order valence-corrected chi connectivity index (χ3v) is 9.73. The highest BCUT2D eigenvalue weighted by Gasteiger charge is 2.61. The van der Waals surface area contributed by atoms with Crippen LogP contribution in [0.5, 0.6) is 0 Å². The van der Waals surface area contributed by atoms with E-state index in [0.717, 1.165) is 38.5 Å². The van der Waals surface area contributed by atoms with E-state index in [4.69, 9.17) is 0 Å². The molecule has 8 atom stereocenters. The van der Waals surface area contributed by atoms with Gasteiger partial charge in [0.15, 0.2) is 0 Å². The first kappa shape index (κ1) is 22.9. The van der Waals surface area contributed by atoms with Crippen LogP contribution in [0.25, 0.3) is 0 Å². The number of halogens is 3. The summed E-state index contributed by atoms with van der Waals surface area (Å²) in [7, 11) is 0. The second-order valence-electron chi connectivity index (χ2n) is 11.5. The smallest absolute Gasteiger partial charge is 0.353 e. The van der Waals surface area contributed by atoms with E-state index in [1.807, 2.05) is 0 Å². The molecule has 1 unspecified atom stereocenters. The fourth-order valence-corrected chi connectivity index (χ4v) is 8.01. The zero-order chi connectivity index (χ0) is 22.8. The quantitative estimate of drug-likeness (QED) is 0.658. The summed E-state index contributed by atoms with van der Waals surface area (Å²) in [6, 6.07) is -1.56. The van der Waals surface area contributed by atoms with Crippen LogP contribution in [0, 0.1) is 40.4 Å². The Labute approximate surface area is 183 Å². The van der Waals surface area contributed by atoms with E-state index < -0.39 is 24.0 Å². The third-order valence-electron chi connectivity index (χ3n) is 9.73. The number of fused-ring (bicyclic) bond motifs is 5. The van der Waals surface area contributed by atoms with Gasteiger partial charge in [-0.2, -0.15) is 13.2 Å². The van der Waals surface area contributed by atoms with Crippen LogP contribution in [0.2, 0.25) is 0 Å². The Bertz CT molecular complexity index is 739. The molecule has 176 valence electrons. The Balaban J connectivity index is 1.52. The molecule has 2 amide bonds. The molecule has 1 saturated heterocycles. The number of carbonyl (C=O) groups excluding carboxylic acids is 2. The van der Waals surface area contributed by atoms with Crippen LogP contribution in [0.3, 0.4) is 0 Å². The van der Waals surface area contributed by atoms with Crippen molar-refractivity contribution in [3.63, 3.8) is 0 Å². The first-order valence-corrected chi connectivity index (χ1v) is 12.0. The highest BCUT2D eigenvalue weighted by molar-refractivity contribution is 5.80. The molecule has 0 bridgehead atoms. The van der Waals surface area contributed by atoms with Crippen LogP contribution in [0.15, 0.2) is 0 Å². The summed E-state index contributed by atoms with van der Waals surface area (Å²) in [5, 5.41) is 5.60. The number of rotatable bonds is 3. The Hall–Kier alpha value is -1.27. The third kappa shape index (κ3) is 3.68. The molecule has 4 nitrogen and oxygen atoms in total. The van der Waals surface area contributed by atoms with E-state index in [1.54, 1.807) is 0 Å².